The van der Waals surface area contributed by atoms with E-state index in [4.69, 9.17) is 5.73 Å². The number of rotatable bonds is 6. The van der Waals surface area contributed by atoms with Crippen LogP contribution in [0.15, 0.2) is 35.5 Å². The fraction of sp³-hybridized carbons (Fsp3) is 0.381. The number of halogens is 4. The lowest BCUT2D eigenvalue weighted by Gasteiger charge is -2.53. The van der Waals surface area contributed by atoms with E-state index in [9.17, 15) is 31.5 Å². The summed E-state index contributed by atoms with van der Waals surface area (Å²) in [6.07, 6.45) is 0.953. The third-order valence-electron chi connectivity index (χ3n) is 5.65. The molecule has 1 amide bonds. The molecule has 0 radical (unpaired) electrons. The average molecular weight is 505 g/mol. The van der Waals surface area contributed by atoms with Crippen LogP contribution in [-0.4, -0.2) is 49.6 Å². The number of amides is 1. The monoisotopic (exact) mass is 504 g/mol. The van der Waals surface area contributed by atoms with Gasteiger partial charge in [0.2, 0.25) is 0 Å². The van der Waals surface area contributed by atoms with Crippen molar-refractivity contribution in [3.8, 4) is 5.75 Å². The van der Waals surface area contributed by atoms with E-state index in [-0.39, 0.29) is 34.1 Å². The highest BCUT2D eigenvalue weighted by Crippen LogP contribution is 2.59. The third-order valence-corrected chi connectivity index (χ3v) is 8.37. The standard InChI is InChI=1S/C21H24F4N4O4S/c1-11-6-13(33-19(24)25)8-27-16(11)17(30)28-12-4-5-15(23)14(7-12)21(9-22)10-34(31,32)20(2,3)18(26)29-21/h4-8,19,31-32H,9-10H2,1-3H3,(H2,26,29)(H,28,30)/t21-/m1/s1. The van der Waals surface area contributed by atoms with Gasteiger partial charge in [-0.1, -0.05) is 0 Å². The van der Waals surface area contributed by atoms with Gasteiger partial charge in [-0.2, -0.15) is 19.4 Å². The Morgan fingerprint density at radius 1 is 1.32 bits per heavy atom. The number of aromatic nitrogens is 1. The summed E-state index contributed by atoms with van der Waals surface area (Å²) in [5, 5.41) is 2.48. The minimum atomic E-state index is -3.52. The molecule has 2 heterocycles. The zero-order valence-corrected chi connectivity index (χ0v) is 19.3. The summed E-state index contributed by atoms with van der Waals surface area (Å²) in [6.45, 7) is 0.0229. The Balaban J connectivity index is 1.95. The zero-order valence-electron chi connectivity index (χ0n) is 18.5. The van der Waals surface area contributed by atoms with Gasteiger partial charge in [0.15, 0.2) is 0 Å². The van der Waals surface area contributed by atoms with Crippen LogP contribution in [0.1, 0.15) is 35.5 Å². The number of carbonyl (C=O) groups excluding carboxylic acids is 1. The molecule has 0 spiro atoms. The lowest BCUT2D eigenvalue weighted by molar-refractivity contribution is -0.0501. The van der Waals surface area contributed by atoms with Crippen molar-refractivity contribution >= 4 is 28.0 Å². The predicted molar refractivity (Wildman–Crippen MR) is 121 cm³/mol. The van der Waals surface area contributed by atoms with Gasteiger partial charge in [-0.05, 0) is 50.6 Å². The Bertz CT molecular complexity index is 1150. The lowest BCUT2D eigenvalue weighted by atomic mass is 9.92. The molecule has 34 heavy (non-hydrogen) atoms. The quantitative estimate of drug-likeness (QED) is 0.430. The molecule has 2 aromatic rings. The van der Waals surface area contributed by atoms with Crippen LogP contribution in [0.2, 0.25) is 0 Å². The molecule has 1 aromatic carbocycles. The summed E-state index contributed by atoms with van der Waals surface area (Å²) in [6, 6.07) is 4.51. The molecule has 8 nitrogen and oxygen atoms in total. The van der Waals surface area contributed by atoms with Crippen LogP contribution in [0.4, 0.5) is 23.2 Å². The third kappa shape index (κ3) is 4.68. The van der Waals surface area contributed by atoms with E-state index in [1.165, 1.54) is 32.9 Å². The van der Waals surface area contributed by atoms with E-state index >= 15 is 0 Å². The molecule has 0 saturated heterocycles. The van der Waals surface area contributed by atoms with Gasteiger partial charge in [-0.3, -0.25) is 18.9 Å². The molecular formula is C21H24F4N4O4S. The van der Waals surface area contributed by atoms with Crippen LogP contribution in [0, 0.1) is 12.7 Å². The summed E-state index contributed by atoms with van der Waals surface area (Å²) in [4.78, 5) is 20.6. The van der Waals surface area contributed by atoms with Crippen molar-refractivity contribution in [3.63, 3.8) is 0 Å². The number of carbonyl (C=O) groups is 1. The van der Waals surface area contributed by atoms with E-state index < -0.39 is 51.6 Å². The lowest BCUT2D eigenvalue weighted by Crippen LogP contribution is -2.53. The van der Waals surface area contributed by atoms with E-state index in [1.54, 1.807) is 0 Å². The number of nitrogens with zero attached hydrogens (tertiary/aromatic N) is 2. The van der Waals surface area contributed by atoms with Crippen molar-refractivity contribution in [2.45, 2.75) is 37.7 Å². The second-order valence-corrected chi connectivity index (χ2v) is 11.0. The van der Waals surface area contributed by atoms with Gasteiger partial charge < -0.3 is 15.8 Å². The number of pyridine rings is 1. The molecule has 1 aromatic heterocycles. The van der Waals surface area contributed by atoms with E-state index in [0.717, 1.165) is 18.3 Å². The van der Waals surface area contributed by atoms with Crippen LogP contribution >= 0.6 is 10.6 Å². The van der Waals surface area contributed by atoms with Crippen molar-refractivity contribution in [1.82, 2.24) is 4.98 Å². The van der Waals surface area contributed by atoms with Gasteiger partial charge in [-0.25, -0.2) is 13.8 Å². The van der Waals surface area contributed by atoms with E-state index in [1.807, 2.05) is 0 Å². The highest BCUT2D eigenvalue weighted by molar-refractivity contribution is 8.26. The Kier molecular flexibility index (Phi) is 6.84. The number of hydrogen-bond donors (Lipinski definition) is 4. The second-order valence-electron chi connectivity index (χ2n) is 8.35. The smallest absolute Gasteiger partial charge is 0.387 e. The van der Waals surface area contributed by atoms with E-state index in [0.29, 0.717) is 0 Å². The summed E-state index contributed by atoms with van der Waals surface area (Å²) in [7, 11) is -3.52. The Morgan fingerprint density at radius 3 is 2.56 bits per heavy atom. The van der Waals surface area contributed by atoms with Crippen LogP contribution < -0.4 is 15.8 Å². The molecule has 0 unspecified atom stereocenters. The number of alkyl halides is 3. The Labute approximate surface area is 194 Å². The molecule has 186 valence electrons. The highest BCUT2D eigenvalue weighted by Gasteiger charge is 2.51. The molecule has 0 fully saturated rings. The van der Waals surface area contributed by atoms with E-state index in [2.05, 4.69) is 20.0 Å². The number of benzene rings is 1. The van der Waals surface area contributed by atoms with Crippen molar-refractivity contribution in [3.05, 3.63) is 53.1 Å². The molecule has 0 bridgehead atoms. The van der Waals surface area contributed by atoms with Gasteiger partial charge in [0.1, 0.15) is 40.1 Å². The summed E-state index contributed by atoms with van der Waals surface area (Å²) in [5.74, 6) is -2.70. The van der Waals surface area contributed by atoms with Crippen molar-refractivity contribution < 1.29 is 36.2 Å². The number of anilines is 1. The molecule has 1 aliphatic heterocycles. The normalized spacial score (nSPS) is 22.1. The molecule has 0 aliphatic carbocycles. The summed E-state index contributed by atoms with van der Waals surface area (Å²) >= 11 is 0. The molecule has 1 atom stereocenters. The average Bonchev–Trinajstić information content (AvgIpc) is 2.72. The van der Waals surface area contributed by atoms with Crippen LogP contribution in [0.25, 0.3) is 0 Å². The van der Waals surface area contributed by atoms with Crippen molar-refractivity contribution in [2.75, 3.05) is 17.7 Å². The topological polar surface area (TPSA) is 130 Å². The second kappa shape index (κ2) is 9.04. The van der Waals surface area contributed by atoms with Crippen LogP contribution in [0.5, 0.6) is 5.75 Å². The molecule has 0 saturated carbocycles. The number of nitrogens with two attached hydrogens (primary N) is 1. The fourth-order valence-corrected chi connectivity index (χ4v) is 5.17. The number of aliphatic imine (C=N–C) groups is 1. The molecular weight excluding hydrogens is 480 g/mol. The Morgan fingerprint density at radius 2 is 2.00 bits per heavy atom. The number of amidine groups is 1. The predicted octanol–water partition coefficient (Wildman–Crippen LogP) is 4.45. The largest absolute Gasteiger partial charge is 0.433 e. The number of ether oxygens (including phenoxy) is 1. The minimum Gasteiger partial charge on any atom is -0.433 e. The van der Waals surface area contributed by atoms with Gasteiger partial charge in [0, 0.05) is 11.3 Å². The van der Waals surface area contributed by atoms with Gasteiger partial charge in [0.25, 0.3) is 5.91 Å². The van der Waals surface area contributed by atoms with Crippen LogP contribution in [0.3, 0.4) is 0 Å². The number of hydrogen-bond acceptors (Lipinski definition) is 7. The number of nitrogens with one attached hydrogen (secondary N) is 1. The summed E-state index contributed by atoms with van der Waals surface area (Å²) < 4.78 is 78.0. The van der Waals surface area contributed by atoms with Gasteiger partial charge in [0.05, 0.1) is 11.9 Å². The molecule has 5 N–H and O–H groups in total. The maximum absolute atomic E-state index is 14.8. The van der Waals surface area contributed by atoms with Crippen LogP contribution in [-0.2, 0) is 5.54 Å². The maximum Gasteiger partial charge on any atom is 0.387 e. The highest BCUT2D eigenvalue weighted by atomic mass is 32.3. The zero-order chi connectivity index (χ0) is 25.5. The Hall–Kier alpha value is -2.90. The number of aryl methyl sites for hydroxylation is 1. The van der Waals surface area contributed by atoms with Gasteiger partial charge in [-0.15, -0.1) is 0 Å². The first-order chi connectivity index (χ1) is 15.7. The van der Waals surface area contributed by atoms with Gasteiger partial charge >= 0.3 is 6.61 Å². The summed E-state index contributed by atoms with van der Waals surface area (Å²) in [5.41, 5.74) is 3.74. The van der Waals surface area contributed by atoms with Crippen molar-refractivity contribution in [2.24, 2.45) is 10.7 Å². The first kappa shape index (κ1) is 25.7. The molecule has 3 rings (SSSR count). The molecule has 13 heteroatoms. The molecule has 1 aliphatic rings. The first-order valence-electron chi connectivity index (χ1n) is 9.92. The van der Waals surface area contributed by atoms with Crippen molar-refractivity contribution in [1.29, 1.82) is 0 Å². The first-order valence-corrected chi connectivity index (χ1v) is 11.6. The fourth-order valence-electron chi connectivity index (χ4n) is 3.46. The minimum absolute atomic E-state index is 0.0402. The SMILES string of the molecule is Cc1cc(OC(F)F)cnc1C(=O)Nc1ccc(F)c([C@@]2(CF)CS(O)(O)C(C)(C)C(N)=N2)c1. The maximum atomic E-state index is 14.8.